The molecule has 0 spiro atoms. The molecular formula is C14H16ClN3O3. The predicted octanol–water partition coefficient (Wildman–Crippen LogP) is 3.20. The molecule has 1 heterocycles. The summed E-state index contributed by atoms with van der Waals surface area (Å²) in [5.74, 6) is -0.519. The zero-order chi connectivity index (χ0) is 15.2. The van der Waals surface area contributed by atoms with E-state index in [0.717, 1.165) is 19.3 Å². The van der Waals surface area contributed by atoms with Gasteiger partial charge in [-0.25, -0.2) is 4.79 Å². The zero-order valence-electron chi connectivity index (χ0n) is 11.6. The van der Waals surface area contributed by atoms with Crippen LogP contribution in [0.5, 0.6) is 0 Å². The maximum absolute atomic E-state index is 11.9. The molecule has 2 aromatic rings. The molecule has 0 aliphatic heterocycles. The van der Waals surface area contributed by atoms with Gasteiger partial charge in [0.25, 0.3) is 0 Å². The van der Waals surface area contributed by atoms with Crippen LogP contribution < -0.4 is 11.1 Å². The number of rotatable bonds is 6. The SMILES string of the molecule is CCCCCC(=O)Nc1ccc(Cl)cc1-c1noc(=O)[nH]1. The maximum Gasteiger partial charge on any atom is 0.439 e. The van der Waals surface area contributed by atoms with Crippen LogP contribution in [0.1, 0.15) is 32.6 Å². The minimum atomic E-state index is -0.662. The van der Waals surface area contributed by atoms with Gasteiger partial charge in [-0.05, 0) is 24.6 Å². The Labute approximate surface area is 126 Å². The molecule has 0 saturated heterocycles. The summed E-state index contributed by atoms with van der Waals surface area (Å²) in [4.78, 5) is 25.4. The first kappa shape index (κ1) is 15.3. The van der Waals surface area contributed by atoms with Crippen LogP contribution in [0.15, 0.2) is 27.5 Å². The molecule has 7 heteroatoms. The molecule has 112 valence electrons. The van der Waals surface area contributed by atoms with E-state index in [4.69, 9.17) is 11.6 Å². The lowest BCUT2D eigenvalue weighted by atomic mass is 10.1. The van der Waals surface area contributed by atoms with E-state index in [1.807, 2.05) is 0 Å². The Kier molecular flexibility index (Phi) is 5.16. The van der Waals surface area contributed by atoms with Crippen LogP contribution in [0.3, 0.4) is 0 Å². The highest BCUT2D eigenvalue weighted by Gasteiger charge is 2.13. The number of nitrogens with zero attached hydrogens (tertiary/aromatic N) is 1. The summed E-state index contributed by atoms with van der Waals surface area (Å²) in [5, 5.41) is 6.89. The van der Waals surface area contributed by atoms with Gasteiger partial charge in [0.05, 0.1) is 5.69 Å². The first-order valence-corrected chi connectivity index (χ1v) is 7.13. The zero-order valence-corrected chi connectivity index (χ0v) is 12.4. The molecule has 0 saturated carbocycles. The third kappa shape index (κ3) is 4.19. The Balaban J connectivity index is 2.19. The predicted molar refractivity (Wildman–Crippen MR) is 80.3 cm³/mol. The molecule has 21 heavy (non-hydrogen) atoms. The van der Waals surface area contributed by atoms with Crippen LogP contribution >= 0.6 is 11.6 Å². The second-order valence-electron chi connectivity index (χ2n) is 4.64. The van der Waals surface area contributed by atoms with Crippen molar-refractivity contribution in [1.82, 2.24) is 10.1 Å². The molecule has 1 aromatic carbocycles. The maximum atomic E-state index is 11.9. The van der Waals surface area contributed by atoms with Crippen molar-refractivity contribution >= 4 is 23.2 Å². The molecule has 0 aliphatic carbocycles. The van der Waals surface area contributed by atoms with Crippen molar-refractivity contribution in [3.8, 4) is 11.4 Å². The average Bonchev–Trinajstić information content (AvgIpc) is 2.87. The molecule has 1 aromatic heterocycles. The van der Waals surface area contributed by atoms with Gasteiger partial charge >= 0.3 is 5.76 Å². The quantitative estimate of drug-likeness (QED) is 0.802. The van der Waals surface area contributed by atoms with Crippen LogP contribution in [0.25, 0.3) is 11.4 Å². The topological polar surface area (TPSA) is 88.0 Å². The lowest BCUT2D eigenvalue weighted by Gasteiger charge is -2.09. The number of aromatic nitrogens is 2. The summed E-state index contributed by atoms with van der Waals surface area (Å²) in [7, 11) is 0. The third-order valence-electron chi connectivity index (χ3n) is 2.96. The number of nitrogens with one attached hydrogen (secondary N) is 2. The first-order valence-electron chi connectivity index (χ1n) is 6.76. The van der Waals surface area contributed by atoms with Gasteiger partial charge in [0.2, 0.25) is 5.91 Å². The summed E-state index contributed by atoms with van der Waals surface area (Å²) >= 11 is 5.95. The number of H-pyrrole nitrogens is 1. The largest absolute Gasteiger partial charge is 0.439 e. The smallest absolute Gasteiger partial charge is 0.325 e. The lowest BCUT2D eigenvalue weighted by Crippen LogP contribution is -2.12. The minimum absolute atomic E-state index is 0.0853. The molecule has 1 amide bonds. The van der Waals surface area contributed by atoms with Crippen molar-refractivity contribution in [2.75, 3.05) is 5.32 Å². The normalized spacial score (nSPS) is 10.6. The standard InChI is InChI=1S/C14H16ClN3O3/c1-2-3-4-5-12(19)16-11-7-6-9(15)8-10(11)13-17-14(20)21-18-13/h6-8H,2-5H2,1H3,(H,16,19)(H,17,18,20). The van der Waals surface area contributed by atoms with Crippen molar-refractivity contribution in [2.24, 2.45) is 0 Å². The number of carbonyl (C=O) groups excluding carboxylic acids is 1. The van der Waals surface area contributed by atoms with Gasteiger partial charge in [0.15, 0.2) is 5.82 Å². The highest BCUT2D eigenvalue weighted by Crippen LogP contribution is 2.28. The minimum Gasteiger partial charge on any atom is -0.325 e. The molecule has 2 rings (SSSR count). The van der Waals surface area contributed by atoms with Crippen molar-refractivity contribution in [3.63, 3.8) is 0 Å². The Bertz CT molecular complexity index is 678. The summed E-state index contributed by atoms with van der Waals surface area (Å²) in [5.41, 5.74) is 1.04. The fourth-order valence-electron chi connectivity index (χ4n) is 1.92. The number of halogens is 1. The van der Waals surface area contributed by atoms with Gasteiger partial charge < -0.3 is 5.32 Å². The van der Waals surface area contributed by atoms with E-state index >= 15 is 0 Å². The molecule has 0 bridgehead atoms. The second-order valence-corrected chi connectivity index (χ2v) is 5.08. The highest BCUT2D eigenvalue weighted by molar-refractivity contribution is 6.31. The van der Waals surface area contributed by atoms with Crippen LogP contribution in [-0.2, 0) is 4.79 Å². The molecule has 0 radical (unpaired) electrons. The van der Waals surface area contributed by atoms with Crippen molar-refractivity contribution < 1.29 is 9.32 Å². The first-order chi connectivity index (χ1) is 10.1. The summed E-state index contributed by atoms with van der Waals surface area (Å²) in [6.07, 6.45) is 3.36. The number of anilines is 1. The van der Waals surface area contributed by atoms with E-state index < -0.39 is 5.76 Å². The number of carbonyl (C=O) groups is 1. The number of hydrogen-bond donors (Lipinski definition) is 2. The van der Waals surface area contributed by atoms with E-state index in [2.05, 4.69) is 26.9 Å². The molecule has 0 fully saturated rings. The molecule has 6 nitrogen and oxygen atoms in total. The molecule has 0 atom stereocenters. The fourth-order valence-corrected chi connectivity index (χ4v) is 2.09. The van der Waals surface area contributed by atoms with Gasteiger partial charge in [-0.2, -0.15) is 0 Å². The fraction of sp³-hybridized carbons (Fsp3) is 0.357. The lowest BCUT2D eigenvalue weighted by molar-refractivity contribution is -0.116. The monoisotopic (exact) mass is 309 g/mol. The summed E-state index contributed by atoms with van der Waals surface area (Å²) in [6, 6.07) is 4.93. The van der Waals surface area contributed by atoms with Crippen molar-refractivity contribution in [1.29, 1.82) is 0 Å². The number of aromatic amines is 1. The third-order valence-corrected chi connectivity index (χ3v) is 3.19. The van der Waals surface area contributed by atoms with Crippen LogP contribution in [0.4, 0.5) is 5.69 Å². The number of amides is 1. The Morgan fingerprint density at radius 1 is 1.43 bits per heavy atom. The van der Waals surface area contributed by atoms with E-state index in [-0.39, 0.29) is 11.7 Å². The number of benzene rings is 1. The average molecular weight is 310 g/mol. The number of unbranched alkanes of at least 4 members (excludes halogenated alkanes) is 2. The number of hydrogen-bond acceptors (Lipinski definition) is 4. The van der Waals surface area contributed by atoms with Crippen LogP contribution in [0, 0.1) is 0 Å². The van der Waals surface area contributed by atoms with E-state index in [1.165, 1.54) is 0 Å². The summed E-state index contributed by atoms with van der Waals surface area (Å²) in [6.45, 7) is 2.08. The van der Waals surface area contributed by atoms with E-state index in [9.17, 15) is 9.59 Å². The van der Waals surface area contributed by atoms with E-state index in [0.29, 0.717) is 22.7 Å². The van der Waals surface area contributed by atoms with Gasteiger partial charge in [-0.15, -0.1) is 0 Å². The molecular weight excluding hydrogens is 294 g/mol. The van der Waals surface area contributed by atoms with Crippen LogP contribution in [0.2, 0.25) is 5.02 Å². The Hall–Kier alpha value is -2.08. The Morgan fingerprint density at radius 3 is 2.90 bits per heavy atom. The highest BCUT2D eigenvalue weighted by atomic mass is 35.5. The van der Waals surface area contributed by atoms with Gasteiger partial charge in [0, 0.05) is 17.0 Å². The molecule has 2 N–H and O–H groups in total. The van der Waals surface area contributed by atoms with Crippen LogP contribution in [-0.4, -0.2) is 16.0 Å². The molecule has 0 unspecified atom stereocenters. The summed E-state index contributed by atoms with van der Waals surface area (Å²) < 4.78 is 4.48. The second kappa shape index (κ2) is 7.08. The van der Waals surface area contributed by atoms with Crippen molar-refractivity contribution in [2.45, 2.75) is 32.6 Å². The Morgan fingerprint density at radius 2 is 2.24 bits per heavy atom. The van der Waals surface area contributed by atoms with Crippen molar-refractivity contribution in [3.05, 3.63) is 33.8 Å². The van der Waals surface area contributed by atoms with Gasteiger partial charge in [-0.1, -0.05) is 36.5 Å². The van der Waals surface area contributed by atoms with Gasteiger partial charge in [-0.3, -0.25) is 14.3 Å². The van der Waals surface area contributed by atoms with Gasteiger partial charge in [0.1, 0.15) is 0 Å². The molecule has 0 aliphatic rings. The van der Waals surface area contributed by atoms with E-state index in [1.54, 1.807) is 18.2 Å².